The monoisotopic (exact) mass is 1270 g/mol. The predicted octanol–water partition coefficient (Wildman–Crippen LogP) is -7.60. The molecule has 0 aliphatic carbocycles. The van der Waals surface area contributed by atoms with Crippen LogP contribution in [0.1, 0.15) is 86.5 Å². The number of carbonyl (C=O) groups excluding carboxylic acids is 12. The number of amides is 12. The molecule has 0 bridgehead atoms. The molecule has 32 nitrogen and oxygen atoms in total. The van der Waals surface area contributed by atoms with Crippen LogP contribution in [0.5, 0.6) is 0 Å². The zero-order valence-corrected chi connectivity index (χ0v) is 51.1. The fourth-order valence-electron chi connectivity index (χ4n) is 6.99. The van der Waals surface area contributed by atoms with Crippen molar-refractivity contribution in [3.8, 4) is 0 Å². The molecule has 0 aromatic rings. The Hall–Kier alpha value is -6.18. The van der Waals surface area contributed by atoms with Crippen LogP contribution in [0.4, 0.5) is 0 Å². The van der Waals surface area contributed by atoms with Gasteiger partial charge in [0.2, 0.25) is 70.9 Å². The number of nitrogens with two attached hydrogens (primary N) is 3. The van der Waals surface area contributed by atoms with Crippen LogP contribution in [0, 0.1) is 5.92 Å². The van der Waals surface area contributed by atoms with Gasteiger partial charge in [0.15, 0.2) is 0 Å². The van der Waals surface area contributed by atoms with Crippen molar-refractivity contribution >= 4 is 133 Å². The number of nitrogens with one attached hydrogen (secondary N) is 12. The summed E-state index contributed by atoms with van der Waals surface area (Å²) < 4.78 is 0. The largest absolute Gasteiger partial charge is 0.481 e. The van der Waals surface area contributed by atoms with E-state index in [1.165, 1.54) is 20.8 Å². The predicted molar refractivity (Wildman–Crippen MR) is 317 cm³/mol. The van der Waals surface area contributed by atoms with Crippen LogP contribution >= 0.6 is 50.5 Å². The van der Waals surface area contributed by atoms with Crippen molar-refractivity contribution in [1.29, 1.82) is 0 Å². The molecule has 0 aliphatic rings. The minimum atomic E-state index is -1.88. The average Bonchev–Trinajstić information content (AvgIpc) is 3.64. The van der Waals surface area contributed by atoms with Gasteiger partial charge in [-0.05, 0) is 85.2 Å². The first kappa shape index (κ1) is 77.8. The Kier molecular flexibility index (Phi) is 38.0. The van der Waals surface area contributed by atoms with E-state index in [1.54, 1.807) is 13.8 Å². The second-order valence-corrected chi connectivity index (χ2v) is 21.1. The second-order valence-electron chi connectivity index (χ2n) is 19.6. The second kappa shape index (κ2) is 41.0. The van der Waals surface area contributed by atoms with Crippen molar-refractivity contribution < 1.29 is 82.4 Å². The van der Waals surface area contributed by atoms with Crippen molar-refractivity contribution in [3.63, 3.8) is 0 Å². The van der Waals surface area contributed by atoms with Crippen LogP contribution in [0.2, 0.25) is 0 Å². The first-order chi connectivity index (χ1) is 39.3. The lowest BCUT2D eigenvalue weighted by molar-refractivity contribution is -0.142. The number of rotatable bonds is 41. The van der Waals surface area contributed by atoms with Crippen LogP contribution in [-0.2, 0) is 67.1 Å². The highest BCUT2D eigenvalue weighted by molar-refractivity contribution is 7.80. The molecule has 0 aliphatic heterocycles. The van der Waals surface area contributed by atoms with E-state index in [9.17, 15) is 77.3 Å². The lowest BCUT2D eigenvalue weighted by Crippen LogP contribution is -2.62. The van der Waals surface area contributed by atoms with Gasteiger partial charge in [0.05, 0.1) is 25.1 Å². The maximum absolute atomic E-state index is 13.8. The minimum Gasteiger partial charge on any atom is -0.481 e. The molecule has 0 unspecified atom stereocenters. The molecule has 84 heavy (non-hydrogen) atoms. The van der Waals surface area contributed by atoms with Gasteiger partial charge in [-0.1, -0.05) is 13.8 Å². The molecule has 0 aromatic heterocycles. The molecule has 13 atom stereocenters. The topological polar surface area (TPSA) is 522 Å². The van der Waals surface area contributed by atoms with Gasteiger partial charge in [0.1, 0.15) is 66.5 Å². The molecular formula is C48H85N15O17S4. The summed E-state index contributed by atoms with van der Waals surface area (Å²) in [6.07, 6.45) is -1.33. The number of thiol groups is 4. The van der Waals surface area contributed by atoms with E-state index >= 15 is 0 Å². The lowest BCUT2D eigenvalue weighted by atomic mass is 10.0. The molecule has 12 amide bonds. The number of aliphatic hydroxyl groups is 1. The van der Waals surface area contributed by atoms with Crippen LogP contribution in [0.15, 0.2) is 0 Å². The van der Waals surface area contributed by atoms with Gasteiger partial charge in [0, 0.05) is 23.0 Å². The van der Waals surface area contributed by atoms with Crippen LogP contribution in [0.3, 0.4) is 0 Å². The molecule has 478 valence electrons. The highest BCUT2D eigenvalue weighted by Gasteiger charge is 2.36. The fraction of sp³-hybridized carbons (Fsp3) is 0.708. The summed E-state index contributed by atoms with van der Waals surface area (Å²) in [6.45, 7) is 7.88. The van der Waals surface area contributed by atoms with E-state index in [0.717, 1.165) is 6.92 Å². The number of aliphatic carboxylic acids is 2. The van der Waals surface area contributed by atoms with Gasteiger partial charge < -0.3 is 96.3 Å². The van der Waals surface area contributed by atoms with E-state index < -0.39 is 180 Å². The third-order valence-electron chi connectivity index (χ3n) is 12.2. The Balaban J connectivity index is 5.99. The molecule has 0 rings (SSSR count). The number of carbonyl (C=O) groups is 14. The van der Waals surface area contributed by atoms with Crippen LogP contribution in [0.25, 0.3) is 0 Å². The van der Waals surface area contributed by atoms with Gasteiger partial charge in [-0.3, -0.25) is 67.1 Å². The summed E-state index contributed by atoms with van der Waals surface area (Å²) in [5.41, 5.74) is 17.1. The molecule has 0 saturated heterocycles. The Morgan fingerprint density at radius 1 is 0.405 bits per heavy atom. The number of carboxylic acid groups (broad SMARTS) is 2. The average molecular weight is 1270 g/mol. The number of hydrogen-bond donors (Lipinski definition) is 22. The van der Waals surface area contributed by atoms with Gasteiger partial charge in [-0.2, -0.15) is 50.5 Å². The SMILES string of the molecule is CC(C)[C@H](N)C(=O)N[C@@H](CS)C(=O)N[C@@H](CCCCN)C(=O)NCC(=O)N[C@@H](C)C(=O)N[C@@H](C)C(=O)N[C@@H](CC(=O)O)C(=O)N[C@@H](CCCCN)C(=O)N[C@@H](CS)C(=O)N[C@H](C(=O)N[C@@H](CS)C(=O)N[C@@H](CS)C(=O)N[C@@H](C)C(=O)O)[C@@H](C)O. The van der Waals surface area contributed by atoms with E-state index in [4.69, 9.17) is 22.3 Å². The first-order valence-corrected chi connectivity index (χ1v) is 29.2. The highest BCUT2D eigenvalue weighted by atomic mass is 32.1. The molecule has 0 fully saturated rings. The maximum Gasteiger partial charge on any atom is 0.325 e. The molecule has 21 N–H and O–H groups in total. The third-order valence-corrected chi connectivity index (χ3v) is 13.7. The van der Waals surface area contributed by atoms with Crippen molar-refractivity contribution in [2.24, 2.45) is 23.1 Å². The standard InChI is InChI=1S/C48H85N15O17S4/c1-21(2)35(51)46(77)61-30(18-82)43(74)56-26(11-7-9-13-49)39(70)52-16-33(65)53-22(3)37(68)54-23(4)38(69)58-28(15-34(66)67)41(72)57-27(12-8-10-14-50)40(71)59-32(20-84)45(76)63-36(25(6)64)47(78)62-31(19-83)44(75)60-29(17-81)42(73)55-24(5)48(79)80/h21-32,35-36,64,81-84H,7-20,49-51H2,1-6H3,(H,52,70)(H,53,65)(H,54,68)(H,55,73)(H,56,74)(H,57,72)(H,58,69)(H,59,71)(H,60,75)(H,61,77)(H,62,78)(H,63,76)(H,66,67)(H,79,80)/t22-,23-,24-,25+,26-,27-,28-,29-,30-,31-,32-,35-,36-/m0/s1. The molecule has 0 aromatic carbocycles. The zero-order chi connectivity index (χ0) is 64.6. The highest BCUT2D eigenvalue weighted by Crippen LogP contribution is 2.08. The van der Waals surface area contributed by atoms with Crippen LogP contribution in [-0.4, -0.2) is 219 Å². The van der Waals surface area contributed by atoms with Crippen molar-refractivity contribution in [1.82, 2.24) is 63.8 Å². The quantitative estimate of drug-likeness (QED) is 0.0200. The van der Waals surface area contributed by atoms with Gasteiger partial charge in [0.25, 0.3) is 0 Å². The summed E-state index contributed by atoms with van der Waals surface area (Å²) in [5.74, 6) is -15.8. The van der Waals surface area contributed by atoms with Crippen molar-refractivity contribution in [2.45, 2.75) is 165 Å². The summed E-state index contributed by atoms with van der Waals surface area (Å²) in [4.78, 5) is 181. The molecule has 0 saturated carbocycles. The molecule has 0 radical (unpaired) electrons. The molecule has 0 heterocycles. The summed E-state index contributed by atoms with van der Waals surface area (Å²) in [7, 11) is 0. The summed E-state index contributed by atoms with van der Waals surface area (Å²) >= 11 is 16.3. The molecule has 0 spiro atoms. The Bertz CT molecular complexity index is 2280. The van der Waals surface area contributed by atoms with E-state index in [2.05, 4.69) is 114 Å². The van der Waals surface area contributed by atoms with E-state index in [0.29, 0.717) is 19.3 Å². The Morgan fingerprint density at radius 2 is 0.750 bits per heavy atom. The van der Waals surface area contributed by atoms with Gasteiger partial charge >= 0.3 is 11.9 Å². The first-order valence-electron chi connectivity index (χ1n) is 26.7. The maximum atomic E-state index is 13.8. The smallest absolute Gasteiger partial charge is 0.325 e. The number of aliphatic hydroxyl groups excluding tert-OH is 1. The van der Waals surface area contributed by atoms with E-state index in [1.807, 2.05) is 0 Å². The Morgan fingerprint density at radius 3 is 1.17 bits per heavy atom. The normalized spacial score (nSPS) is 15.7. The zero-order valence-electron chi connectivity index (χ0n) is 47.6. The minimum absolute atomic E-state index is 0.0972. The van der Waals surface area contributed by atoms with Gasteiger partial charge in [-0.25, -0.2) is 0 Å². The van der Waals surface area contributed by atoms with Crippen molar-refractivity contribution in [2.75, 3.05) is 42.6 Å². The number of unbranched alkanes of at least 4 members (excludes halogenated alkanes) is 2. The number of carboxylic acids is 2. The van der Waals surface area contributed by atoms with E-state index in [-0.39, 0.29) is 55.5 Å². The third kappa shape index (κ3) is 29.1. The van der Waals surface area contributed by atoms with Crippen molar-refractivity contribution in [3.05, 3.63) is 0 Å². The summed E-state index contributed by atoms with van der Waals surface area (Å²) in [5, 5.41) is 57.3. The van der Waals surface area contributed by atoms with Gasteiger partial charge in [-0.15, -0.1) is 0 Å². The fourth-order valence-corrected chi connectivity index (χ4v) is 8.02. The van der Waals surface area contributed by atoms with Crippen LogP contribution < -0.4 is 81.0 Å². The molecule has 36 heteroatoms. The Labute approximate surface area is 508 Å². The molecular weight excluding hydrogens is 1190 g/mol. The lowest BCUT2D eigenvalue weighted by Gasteiger charge is -2.28. The summed E-state index contributed by atoms with van der Waals surface area (Å²) in [6, 6.07) is -17.1. The number of hydrogen-bond acceptors (Lipinski definition) is 22.